The Morgan fingerprint density at radius 3 is 2.39 bits per heavy atom. The SMILES string of the molecule is COC(=O)c1ccc(OC(F)(F)F)cc1OCc1ccccc1. The van der Waals surface area contributed by atoms with Gasteiger partial charge in [0.1, 0.15) is 23.7 Å². The smallest absolute Gasteiger partial charge is 0.488 e. The Hall–Kier alpha value is -2.70. The molecule has 23 heavy (non-hydrogen) atoms. The van der Waals surface area contributed by atoms with Crippen molar-refractivity contribution in [2.75, 3.05) is 7.11 Å². The van der Waals surface area contributed by atoms with Crippen LogP contribution in [0.25, 0.3) is 0 Å². The molecule has 0 saturated heterocycles. The van der Waals surface area contributed by atoms with Gasteiger partial charge in [-0.25, -0.2) is 4.79 Å². The Morgan fingerprint density at radius 2 is 1.78 bits per heavy atom. The third-order valence-electron chi connectivity index (χ3n) is 2.83. The van der Waals surface area contributed by atoms with Gasteiger partial charge in [0.2, 0.25) is 0 Å². The molecule has 0 aliphatic carbocycles. The standard InChI is InChI=1S/C16H13F3O4/c1-21-15(20)13-8-7-12(23-16(17,18)19)9-14(13)22-10-11-5-3-2-4-6-11/h2-9H,10H2,1H3. The van der Waals surface area contributed by atoms with E-state index in [1.165, 1.54) is 7.11 Å². The minimum Gasteiger partial charge on any atom is -0.488 e. The first kappa shape index (κ1) is 16.7. The van der Waals surface area contributed by atoms with E-state index in [-0.39, 0.29) is 17.9 Å². The molecule has 0 atom stereocenters. The molecule has 122 valence electrons. The average Bonchev–Trinajstić information content (AvgIpc) is 2.52. The third kappa shape index (κ3) is 4.91. The van der Waals surface area contributed by atoms with Crippen LogP contribution in [0, 0.1) is 0 Å². The van der Waals surface area contributed by atoms with Crippen molar-refractivity contribution in [3.63, 3.8) is 0 Å². The maximum absolute atomic E-state index is 12.3. The summed E-state index contributed by atoms with van der Waals surface area (Å²) < 4.78 is 50.8. The van der Waals surface area contributed by atoms with Crippen LogP contribution < -0.4 is 9.47 Å². The fourth-order valence-corrected chi connectivity index (χ4v) is 1.83. The average molecular weight is 326 g/mol. The van der Waals surface area contributed by atoms with Crippen molar-refractivity contribution in [2.45, 2.75) is 13.0 Å². The molecule has 0 radical (unpaired) electrons. The molecule has 0 N–H and O–H groups in total. The van der Waals surface area contributed by atoms with Crippen LogP contribution in [0.1, 0.15) is 15.9 Å². The van der Waals surface area contributed by atoms with Gasteiger partial charge in [-0.15, -0.1) is 13.2 Å². The Morgan fingerprint density at radius 1 is 1.09 bits per heavy atom. The molecule has 2 aromatic rings. The van der Waals surface area contributed by atoms with Gasteiger partial charge in [-0.3, -0.25) is 0 Å². The summed E-state index contributed by atoms with van der Waals surface area (Å²) in [7, 11) is 1.17. The number of esters is 1. The van der Waals surface area contributed by atoms with Crippen molar-refractivity contribution in [2.24, 2.45) is 0 Å². The molecular weight excluding hydrogens is 313 g/mol. The fourth-order valence-electron chi connectivity index (χ4n) is 1.83. The van der Waals surface area contributed by atoms with E-state index in [9.17, 15) is 18.0 Å². The van der Waals surface area contributed by atoms with E-state index in [0.717, 1.165) is 23.8 Å². The molecule has 0 heterocycles. The third-order valence-corrected chi connectivity index (χ3v) is 2.83. The van der Waals surface area contributed by atoms with Crippen LogP contribution in [-0.2, 0) is 11.3 Å². The number of alkyl halides is 3. The van der Waals surface area contributed by atoms with Gasteiger partial charge in [-0.2, -0.15) is 0 Å². The second-order valence-electron chi connectivity index (χ2n) is 4.47. The van der Waals surface area contributed by atoms with Gasteiger partial charge in [0, 0.05) is 6.07 Å². The van der Waals surface area contributed by atoms with E-state index in [1.807, 2.05) is 6.07 Å². The molecule has 0 amide bonds. The number of carbonyl (C=O) groups excluding carboxylic acids is 1. The number of benzene rings is 2. The highest BCUT2D eigenvalue weighted by Crippen LogP contribution is 2.30. The maximum atomic E-state index is 12.3. The fraction of sp³-hybridized carbons (Fsp3) is 0.188. The molecule has 0 fully saturated rings. The van der Waals surface area contributed by atoms with Crippen LogP contribution in [0.3, 0.4) is 0 Å². The quantitative estimate of drug-likeness (QED) is 0.781. The van der Waals surface area contributed by atoms with Crippen molar-refractivity contribution >= 4 is 5.97 Å². The van der Waals surface area contributed by atoms with Crippen LogP contribution in [-0.4, -0.2) is 19.4 Å². The predicted octanol–water partition coefficient (Wildman–Crippen LogP) is 3.95. The van der Waals surface area contributed by atoms with Crippen LogP contribution >= 0.6 is 0 Å². The predicted molar refractivity (Wildman–Crippen MR) is 75.2 cm³/mol. The molecular formula is C16H13F3O4. The Bertz CT molecular complexity index is 669. The lowest BCUT2D eigenvalue weighted by Crippen LogP contribution is -2.17. The molecule has 0 aromatic heterocycles. The van der Waals surface area contributed by atoms with Gasteiger partial charge in [0.25, 0.3) is 0 Å². The largest absolute Gasteiger partial charge is 0.573 e. The summed E-state index contributed by atoms with van der Waals surface area (Å²) in [5.41, 5.74) is 0.809. The zero-order valence-corrected chi connectivity index (χ0v) is 12.1. The number of halogens is 3. The summed E-state index contributed by atoms with van der Waals surface area (Å²) in [6.45, 7) is 0.0836. The zero-order chi connectivity index (χ0) is 16.9. The highest BCUT2D eigenvalue weighted by Gasteiger charge is 2.31. The van der Waals surface area contributed by atoms with Crippen LogP contribution in [0.15, 0.2) is 48.5 Å². The van der Waals surface area contributed by atoms with Crippen molar-refractivity contribution in [1.29, 1.82) is 0 Å². The monoisotopic (exact) mass is 326 g/mol. The lowest BCUT2D eigenvalue weighted by Gasteiger charge is -2.14. The lowest BCUT2D eigenvalue weighted by molar-refractivity contribution is -0.274. The van der Waals surface area contributed by atoms with Gasteiger partial charge in [0.15, 0.2) is 0 Å². The molecule has 0 aliphatic rings. The minimum atomic E-state index is -4.83. The first-order valence-corrected chi connectivity index (χ1v) is 6.54. The number of ether oxygens (including phenoxy) is 3. The van der Waals surface area contributed by atoms with E-state index in [2.05, 4.69) is 9.47 Å². The summed E-state index contributed by atoms with van der Waals surface area (Å²) in [5, 5.41) is 0. The van der Waals surface area contributed by atoms with Crippen LogP contribution in [0.4, 0.5) is 13.2 Å². The molecule has 0 saturated carbocycles. The molecule has 2 aromatic carbocycles. The normalized spacial score (nSPS) is 11.0. The number of rotatable bonds is 5. The lowest BCUT2D eigenvalue weighted by atomic mass is 10.2. The minimum absolute atomic E-state index is 0.0120. The molecule has 0 aliphatic heterocycles. The molecule has 7 heteroatoms. The topological polar surface area (TPSA) is 44.8 Å². The molecule has 0 unspecified atom stereocenters. The van der Waals surface area contributed by atoms with Crippen LogP contribution in [0.5, 0.6) is 11.5 Å². The van der Waals surface area contributed by atoms with Crippen molar-refractivity contribution in [3.8, 4) is 11.5 Å². The second kappa shape index (κ2) is 7.04. The van der Waals surface area contributed by atoms with Crippen molar-refractivity contribution in [1.82, 2.24) is 0 Å². The zero-order valence-electron chi connectivity index (χ0n) is 12.1. The van der Waals surface area contributed by atoms with E-state index in [0.29, 0.717) is 0 Å². The van der Waals surface area contributed by atoms with Gasteiger partial charge >= 0.3 is 12.3 Å². The molecule has 4 nitrogen and oxygen atoms in total. The van der Waals surface area contributed by atoms with Crippen molar-refractivity contribution < 1.29 is 32.2 Å². The summed E-state index contributed by atoms with van der Waals surface area (Å²) >= 11 is 0. The van der Waals surface area contributed by atoms with E-state index in [1.54, 1.807) is 24.3 Å². The summed E-state index contributed by atoms with van der Waals surface area (Å²) in [5.74, 6) is -1.25. The summed E-state index contributed by atoms with van der Waals surface area (Å²) in [6, 6.07) is 12.2. The Kier molecular flexibility index (Phi) is 5.10. The number of hydrogen-bond acceptors (Lipinski definition) is 4. The van der Waals surface area contributed by atoms with Gasteiger partial charge < -0.3 is 14.2 Å². The van der Waals surface area contributed by atoms with Gasteiger partial charge in [-0.05, 0) is 17.7 Å². The number of methoxy groups -OCH3 is 1. The van der Waals surface area contributed by atoms with Crippen molar-refractivity contribution in [3.05, 3.63) is 59.7 Å². The highest BCUT2D eigenvalue weighted by molar-refractivity contribution is 5.92. The second-order valence-corrected chi connectivity index (χ2v) is 4.47. The van der Waals surface area contributed by atoms with E-state index >= 15 is 0 Å². The first-order valence-electron chi connectivity index (χ1n) is 6.54. The first-order chi connectivity index (χ1) is 10.9. The Balaban J connectivity index is 2.25. The molecule has 0 spiro atoms. The molecule has 0 bridgehead atoms. The van der Waals surface area contributed by atoms with Gasteiger partial charge in [0.05, 0.1) is 7.11 Å². The highest BCUT2D eigenvalue weighted by atomic mass is 19.4. The number of hydrogen-bond donors (Lipinski definition) is 0. The maximum Gasteiger partial charge on any atom is 0.573 e. The number of carbonyl (C=O) groups is 1. The van der Waals surface area contributed by atoms with Gasteiger partial charge in [-0.1, -0.05) is 30.3 Å². The Labute approximate surface area is 130 Å². The van der Waals surface area contributed by atoms with Crippen LogP contribution in [0.2, 0.25) is 0 Å². The summed E-state index contributed by atoms with van der Waals surface area (Å²) in [4.78, 5) is 11.7. The van der Waals surface area contributed by atoms with E-state index < -0.39 is 18.1 Å². The van der Waals surface area contributed by atoms with E-state index in [4.69, 9.17) is 4.74 Å². The molecule has 2 rings (SSSR count). The summed E-state index contributed by atoms with van der Waals surface area (Å²) in [6.07, 6.45) is -4.83.